The van der Waals surface area contributed by atoms with Gasteiger partial charge in [0.15, 0.2) is 17.4 Å². The Bertz CT molecular complexity index is 577. The van der Waals surface area contributed by atoms with Crippen molar-refractivity contribution in [3.05, 3.63) is 34.9 Å². The molecular formula is C19H24F2O2. The summed E-state index contributed by atoms with van der Waals surface area (Å²) in [5.74, 6) is -2.29. The molecular weight excluding hydrogens is 298 g/mol. The molecule has 4 heteroatoms. The molecule has 0 N–H and O–H groups in total. The van der Waals surface area contributed by atoms with E-state index < -0.39 is 11.6 Å². The largest absolute Gasteiger partial charge is 0.378 e. The molecule has 1 aromatic rings. The van der Waals surface area contributed by atoms with Gasteiger partial charge in [0.05, 0.1) is 18.3 Å². The van der Waals surface area contributed by atoms with Gasteiger partial charge >= 0.3 is 0 Å². The number of halogens is 2. The number of unbranched alkanes of at least 4 members (excludes halogenated alkanes) is 2. The number of carbonyl (C=O) groups is 1. The molecule has 2 nitrogen and oxygen atoms in total. The number of rotatable bonds is 5. The van der Waals surface area contributed by atoms with Crippen LogP contribution in [-0.4, -0.2) is 18.5 Å². The minimum Gasteiger partial charge on any atom is -0.378 e. The molecule has 0 radical (unpaired) electrons. The summed E-state index contributed by atoms with van der Waals surface area (Å²) in [5, 5.41) is 0. The Labute approximate surface area is 136 Å². The third kappa shape index (κ3) is 3.32. The molecule has 1 aliphatic heterocycles. The average molecular weight is 322 g/mol. The molecule has 3 unspecified atom stereocenters. The maximum atomic E-state index is 13.9. The highest BCUT2D eigenvalue weighted by Gasteiger charge is 2.40. The zero-order valence-corrected chi connectivity index (χ0v) is 13.6. The highest BCUT2D eigenvalue weighted by atomic mass is 19.2. The molecule has 0 amide bonds. The molecule has 23 heavy (non-hydrogen) atoms. The Balaban J connectivity index is 1.60. The molecule has 0 bridgehead atoms. The van der Waals surface area contributed by atoms with Crippen LogP contribution < -0.4 is 0 Å². The number of benzene rings is 1. The Morgan fingerprint density at radius 2 is 2.04 bits per heavy atom. The number of ketones is 1. The fourth-order valence-electron chi connectivity index (χ4n) is 3.92. The Kier molecular flexibility index (Phi) is 5.10. The van der Waals surface area contributed by atoms with E-state index in [4.69, 9.17) is 4.74 Å². The summed E-state index contributed by atoms with van der Waals surface area (Å²) in [4.78, 5) is 12.5. The van der Waals surface area contributed by atoms with E-state index in [1.165, 1.54) is 19.3 Å². The van der Waals surface area contributed by atoms with Gasteiger partial charge in [0.1, 0.15) is 0 Å². The van der Waals surface area contributed by atoms with Crippen molar-refractivity contribution in [2.24, 2.45) is 11.8 Å². The van der Waals surface area contributed by atoms with Crippen LogP contribution in [0.25, 0.3) is 0 Å². The van der Waals surface area contributed by atoms with Crippen molar-refractivity contribution >= 4 is 5.78 Å². The fraction of sp³-hybridized carbons (Fsp3) is 0.632. The number of fused-ring (bicyclic) bond motifs is 1. The van der Waals surface area contributed by atoms with Crippen molar-refractivity contribution in [2.45, 2.75) is 58.0 Å². The first kappa shape index (κ1) is 16.6. The monoisotopic (exact) mass is 322 g/mol. The van der Waals surface area contributed by atoms with Gasteiger partial charge in [0.25, 0.3) is 0 Å². The lowest BCUT2D eigenvalue weighted by Gasteiger charge is -2.32. The molecule has 126 valence electrons. The first-order chi connectivity index (χ1) is 11.1. The Hall–Kier alpha value is -1.29. The van der Waals surface area contributed by atoms with Gasteiger partial charge < -0.3 is 4.74 Å². The van der Waals surface area contributed by atoms with Crippen LogP contribution in [-0.2, 0) is 11.2 Å². The number of hydrogen-bond acceptors (Lipinski definition) is 2. The molecule has 0 saturated carbocycles. The Morgan fingerprint density at radius 1 is 1.22 bits per heavy atom. The minimum atomic E-state index is -0.982. The normalized spacial score (nSPS) is 27.3. The van der Waals surface area contributed by atoms with Gasteiger partial charge in [0.2, 0.25) is 0 Å². The van der Waals surface area contributed by atoms with Crippen LogP contribution in [0.1, 0.15) is 61.4 Å². The first-order valence-corrected chi connectivity index (χ1v) is 8.74. The van der Waals surface area contributed by atoms with Gasteiger partial charge in [-0.3, -0.25) is 4.79 Å². The molecule has 0 aromatic heterocycles. The zero-order valence-electron chi connectivity index (χ0n) is 13.6. The highest BCUT2D eigenvalue weighted by Crippen LogP contribution is 2.38. The van der Waals surface area contributed by atoms with E-state index in [1.807, 2.05) is 0 Å². The molecule has 0 spiro atoms. The summed E-state index contributed by atoms with van der Waals surface area (Å²) in [7, 11) is 0. The van der Waals surface area contributed by atoms with Crippen LogP contribution in [0.5, 0.6) is 0 Å². The zero-order chi connectivity index (χ0) is 16.4. The van der Waals surface area contributed by atoms with E-state index in [2.05, 4.69) is 6.92 Å². The quantitative estimate of drug-likeness (QED) is 0.735. The summed E-state index contributed by atoms with van der Waals surface area (Å²) in [6.07, 6.45) is 7.40. The van der Waals surface area contributed by atoms with E-state index in [9.17, 15) is 13.6 Å². The summed E-state index contributed by atoms with van der Waals surface area (Å²) in [6, 6.07) is 2.66. The second kappa shape index (κ2) is 7.08. The molecule has 1 saturated heterocycles. The number of Topliss-reactive ketones (excluding diaryl/α,β-unsaturated/α-hetero) is 1. The molecule has 1 aromatic carbocycles. The lowest BCUT2D eigenvalue weighted by molar-refractivity contribution is -0.0325. The standard InChI is InChI=1S/C19H24F2O2/c1-2-3-4-5-14-8-6-13(11-23-14)15-10-12-7-9-16(20)18(21)17(12)19(15)22/h7,9,13-15H,2-6,8,10-11H2,1H3. The van der Waals surface area contributed by atoms with E-state index in [-0.39, 0.29) is 23.2 Å². The van der Waals surface area contributed by atoms with E-state index in [0.29, 0.717) is 24.7 Å². The van der Waals surface area contributed by atoms with E-state index in [0.717, 1.165) is 25.3 Å². The summed E-state index contributed by atoms with van der Waals surface area (Å²) >= 11 is 0. The lowest BCUT2D eigenvalue weighted by atomic mass is 9.83. The predicted octanol–water partition coefficient (Wildman–Crippen LogP) is 4.70. The van der Waals surface area contributed by atoms with E-state index in [1.54, 1.807) is 6.07 Å². The predicted molar refractivity (Wildman–Crippen MR) is 84.5 cm³/mol. The summed E-state index contributed by atoms with van der Waals surface area (Å²) in [6.45, 7) is 2.74. The van der Waals surface area contributed by atoms with Gasteiger partial charge in [-0.15, -0.1) is 0 Å². The molecule has 1 heterocycles. The lowest BCUT2D eigenvalue weighted by Crippen LogP contribution is -2.33. The van der Waals surface area contributed by atoms with Gasteiger partial charge in [-0.05, 0) is 43.2 Å². The number of ether oxygens (including phenoxy) is 1. The van der Waals surface area contributed by atoms with Crippen LogP contribution in [0.4, 0.5) is 8.78 Å². The maximum Gasteiger partial charge on any atom is 0.169 e. The SMILES string of the molecule is CCCCCC1CCC(C2Cc3ccc(F)c(F)c3C2=O)CO1. The second-order valence-corrected chi connectivity index (χ2v) is 6.86. The number of hydrogen-bond donors (Lipinski definition) is 0. The van der Waals surface area contributed by atoms with Crippen LogP contribution in [0, 0.1) is 23.5 Å². The molecule has 2 aliphatic rings. The van der Waals surface area contributed by atoms with Gasteiger partial charge in [-0.25, -0.2) is 8.78 Å². The minimum absolute atomic E-state index is 0.0277. The second-order valence-electron chi connectivity index (χ2n) is 6.86. The molecule has 1 fully saturated rings. The first-order valence-electron chi connectivity index (χ1n) is 8.74. The number of carbonyl (C=O) groups excluding carboxylic acids is 1. The van der Waals surface area contributed by atoms with Crippen molar-refractivity contribution in [2.75, 3.05) is 6.61 Å². The fourth-order valence-corrected chi connectivity index (χ4v) is 3.92. The molecule has 3 rings (SSSR count). The Morgan fingerprint density at radius 3 is 2.74 bits per heavy atom. The summed E-state index contributed by atoms with van der Waals surface area (Å²) in [5.41, 5.74) is 0.615. The maximum absolute atomic E-state index is 13.9. The van der Waals surface area contributed by atoms with Crippen molar-refractivity contribution in [3.8, 4) is 0 Å². The van der Waals surface area contributed by atoms with Crippen molar-refractivity contribution < 1.29 is 18.3 Å². The van der Waals surface area contributed by atoms with Crippen LogP contribution in [0.3, 0.4) is 0 Å². The molecule has 3 atom stereocenters. The topological polar surface area (TPSA) is 26.3 Å². The van der Waals surface area contributed by atoms with Crippen molar-refractivity contribution in [3.63, 3.8) is 0 Å². The smallest absolute Gasteiger partial charge is 0.169 e. The van der Waals surface area contributed by atoms with E-state index >= 15 is 0 Å². The van der Waals surface area contributed by atoms with Crippen LogP contribution in [0.15, 0.2) is 12.1 Å². The van der Waals surface area contributed by atoms with Gasteiger partial charge in [-0.2, -0.15) is 0 Å². The third-order valence-corrected chi connectivity index (χ3v) is 5.31. The van der Waals surface area contributed by atoms with Gasteiger partial charge in [-0.1, -0.05) is 32.3 Å². The van der Waals surface area contributed by atoms with Crippen molar-refractivity contribution in [1.82, 2.24) is 0 Å². The third-order valence-electron chi connectivity index (χ3n) is 5.31. The van der Waals surface area contributed by atoms with Crippen LogP contribution >= 0.6 is 0 Å². The van der Waals surface area contributed by atoms with Crippen LogP contribution in [0.2, 0.25) is 0 Å². The van der Waals surface area contributed by atoms with Crippen molar-refractivity contribution in [1.29, 1.82) is 0 Å². The van der Waals surface area contributed by atoms with Gasteiger partial charge in [0, 0.05) is 5.92 Å². The highest BCUT2D eigenvalue weighted by molar-refractivity contribution is 6.02. The average Bonchev–Trinajstić information content (AvgIpc) is 2.89. The molecule has 1 aliphatic carbocycles. The summed E-state index contributed by atoms with van der Waals surface area (Å²) < 4.78 is 33.2.